The van der Waals surface area contributed by atoms with Crippen LogP contribution >= 0.6 is 11.8 Å². The van der Waals surface area contributed by atoms with E-state index in [2.05, 4.69) is 5.32 Å². The maximum atomic E-state index is 12.9. The van der Waals surface area contributed by atoms with E-state index >= 15 is 0 Å². The van der Waals surface area contributed by atoms with E-state index in [1.165, 1.54) is 19.2 Å². The first kappa shape index (κ1) is 28.2. The predicted molar refractivity (Wildman–Crippen MR) is 149 cm³/mol. The number of ether oxygens (including phenoxy) is 3. The number of nitro benzene ring substituents is 1. The number of carbonyl (C=O) groups is 3. The number of imide groups is 1. The number of non-ortho nitro benzene ring substituents is 1. The molecule has 1 fully saturated rings. The molecule has 3 aromatic carbocycles. The van der Waals surface area contributed by atoms with Crippen molar-refractivity contribution in [1.29, 1.82) is 0 Å². The normalized spacial score (nSPS) is 13.8. The van der Waals surface area contributed by atoms with Gasteiger partial charge in [0.2, 0.25) is 5.91 Å². The Balaban J connectivity index is 1.42. The topological polar surface area (TPSA) is 137 Å². The van der Waals surface area contributed by atoms with Crippen molar-refractivity contribution in [1.82, 2.24) is 4.90 Å². The number of rotatable bonds is 11. The van der Waals surface area contributed by atoms with E-state index in [1.807, 2.05) is 6.92 Å². The smallest absolute Gasteiger partial charge is 0.294 e. The van der Waals surface area contributed by atoms with Crippen molar-refractivity contribution in [2.24, 2.45) is 0 Å². The molecule has 0 aromatic heterocycles. The summed E-state index contributed by atoms with van der Waals surface area (Å²) in [5.41, 5.74) is 1.83. The number of nitro groups is 1. The number of amides is 3. The van der Waals surface area contributed by atoms with E-state index in [0.717, 1.165) is 22.2 Å². The van der Waals surface area contributed by atoms with Crippen LogP contribution in [0.3, 0.4) is 0 Å². The number of nitrogens with one attached hydrogen (secondary N) is 1. The van der Waals surface area contributed by atoms with Crippen LogP contribution in [0.15, 0.2) is 71.6 Å². The van der Waals surface area contributed by atoms with Gasteiger partial charge >= 0.3 is 0 Å². The summed E-state index contributed by atoms with van der Waals surface area (Å²) in [5, 5.41) is 12.9. The van der Waals surface area contributed by atoms with E-state index < -0.39 is 28.5 Å². The second-order valence-electron chi connectivity index (χ2n) is 8.40. The minimum absolute atomic E-state index is 0.00890. The van der Waals surface area contributed by atoms with E-state index in [0.29, 0.717) is 35.1 Å². The summed E-state index contributed by atoms with van der Waals surface area (Å²) in [6.45, 7) is 1.91. The largest absolute Gasteiger partial charge is 0.497 e. The Labute approximate surface area is 233 Å². The van der Waals surface area contributed by atoms with Gasteiger partial charge in [-0.25, -0.2) is 0 Å². The highest BCUT2D eigenvalue weighted by atomic mass is 32.2. The molecule has 0 saturated carbocycles. The third-order valence-corrected chi connectivity index (χ3v) is 6.56. The molecule has 1 heterocycles. The van der Waals surface area contributed by atoms with Crippen LogP contribution in [0.2, 0.25) is 0 Å². The van der Waals surface area contributed by atoms with Gasteiger partial charge in [0.1, 0.15) is 18.9 Å². The summed E-state index contributed by atoms with van der Waals surface area (Å²) >= 11 is 0.746. The van der Waals surface area contributed by atoms with Crippen molar-refractivity contribution >= 4 is 46.3 Å². The standard InChI is InChI=1S/C28H25N3O8S/c1-3-38-24-14-19(6-13-23(24)39-17-18-4-9-21(10-5-18)31(35)36)15-25-27(33)30(28(34)40-25)16-26(32)29-20-7-11-22(37-2)12-8-20/h4-15H,3,16-17H2,1-2H3,(H,29,32)/b25-15+. The minimum atomic E-state index is -0.573. The number of methoxy groups -OCH3 is 1. The summed E-state index contributed by atoms with van der Waals surface area (Å²) in [4.78, 5) is 49.3. The number of hydrogen-bond donors (Lipinski definition) is 1. The van der Waals surface area contributed by atoms with Gasteiger partial charge in [0.15, 0.2) is 11.5 Å². The van der Waals surface area contributed by atoms with Crippen LogP contribution in [0, 0.1) is 10.1 Å². The lowest BCUT2D eigenvalue weighted by atomic mass is 10.1. The molecule has 12 heteroatoms. The average molecular weight is 564 g/mol. The molecule has 0 bridgehead atoms. The quantitative estimate of drug-likeness (QED) is 0.188. The Morgan fingerprint density at radius 2 is 1.75 bits per heavy atom. The Kier molecular flexibility index (Phi) is 9.02. The molecule has 0 radical (unpaired) electrons. The second-order valence-corrected chi connectivity index (χ2v) is 9.39. The molecule has 0 unspecified atom stereocenters. The SMILES string of the molecule is CCOc1cc(/C=C2/SC(=O)N(CC(=O)Nc3ccc(OC)cc3)C2=O)ccc1OCc1ccc([N+](=O)[O-])cc1. The first-order valence-corrected chi connectivity index (χ1v) is 12.9. The zero-order valence-corrected chi connectivity index (χ0v) is 22.4. The maximum absolute atomic E-state index is 12.9. The molecule has 1 aliphatic rings. The van der Waals surface area contributed by atoms with Crippen LogP contribution in [0.5, 0.6) is 17.2 Å². The molecular weight excluding hydrogens is 538 g/mol. The van der Waals surface area contributed by atoms with Gasteiger partial charge in [-0.15, -0.1) is 0 Å². The maximum Gasteiger partial charge on any atom is 0.294 e. The molecule has 1 N–H and O–H groups in total. The molecule has 3 amide bonds. The van der Waals surface area contributed by atoms with Gasteiger partial charge in [0.25, 0.3) is 16.8 Å². The van der Waals surface area contributed by atoms with E-state index in [-0.39, 0.29) is 17.2 Å². The zero-order valence-electron chi connectivity index (χ0n) is 21.6. The first-order chi connectivity index (χ1) is 19.3. The van der Waals surface area contributed by atoms with Crippen molar-refractivity contribution < 1.29 is 33.5 Å². The molecule has 206 valence electrons. The van der Waals surface area contributed by atoms with Crippen LogP contribution in [0.25, 0.3) is 6.08 Å². The highest BCUT2D eigenvalue weighted by Gasteiger charge is 2.36. The van der Waals surface area contributed by atoms with Gasteiger partial charge in [-0.05, 0) is 84.4 Å². The van der Waals surface area contributed by atoms with Crippen molar-refractivity contribution in [3.63, 3.8) is 0 Å². The lowest BCUT2D eigenvalue weighted by Gasteiger charge is -2.13. The van der Waals surface area contributed by atoms with Gasteiger partial charge < -0.3 is 19.5 Å². The lowest BCUT2D eigenvalue weighted by Crippen LogP contribution is -2.36. The van der Waals surface area contributed by atoms with Crippen LogP contribution in [-0.4, -0.2) is 47.1 Å². The molecule has 4 rings (SSSR count). The number of hydrogen-bond acceptors (Lipinski definition) is 9. The Morgan fingerprint density at radius 3 is 2.40 bits per heavy atom. The molecule has 3 aromatic rings. The summed E-state index contributed by atoms with van der Waals surface area (Å²) in [6, 6.07) is 17.8. The number of benzene rings is 3. The summed E-state index contributed by atoms with van der Waals surface area (Å²) in [7, 11) is 1.53. The van der Waals surface area contributed by atoms with Crippen molar-refractivity contribution in [2.75, 3.05) is 25.6 Å². The highest BCUT2D eigenvalue weighted by Crippen LogP contribution is 2.35. The fourth-order valence-corrected chi connectivity index (χ4v) is 4.52. The zero-order chi connectivity index (χ0) is 28.6. The minimum Gasteiger partial charge on any atom is -0.497 e. The van der Waals surface area contributed by atoms with Gasteiger partial charge in [-0.2, -0.15) is 0 Å². The average Bonchev–Trinajstić information content (AvgIpc) is 3.20. The summed E-state index contributed by atoms with van der Waals surface area (Å²) in [5.74, 6) is 0.417. The van der Waals surface area contributed by atoms with Crippen LogP contribution < -0.4 is 19.5 Å². The highest BCUT2D eigenvalue weighted by molar-refractivity contribution is 8.18. The summed E-state index contributed by atoms with van der Waals surface area (Å²) in [6.07, 6.45) is 1.55. The third kappa shape index (κ3) is 6.97. The fraction of sp³-hybridized carbons (Fsp3) is 0.179. The first-order valence-electron chi connectivity index (χ1n) is 12.1. The number of anilines is 1. The molecule has 40 heavy (non-hydrogen) atoms. The molecule has 0 aliphatic carbocycles. The van der Waals surface area contributed by atoms with Gasteiger partial charge in [0, 0.05) is 17.8 Å². The second kappa shape index (κ2) is 12.8. The molecule has 0 atom stereocenters. The molecule has 0 spiro atoms. The monoisotopic (exact) mass is 563 g/mol. The van der Waals surface area contributed by atoms with Crippen LogP contribution in [0.4, 0.5) is 16.2 Å². The van der Waals surface area contributed by atoms with E-state index in [4.69, 9.17) is 14.2 Å². The molecule has 1 aliphatic heterocycles. The van der Waals surface area contributed by atoms with Crippen molar-refractivity contribution in [3.8, 4) is 17.2 Å². The van der Waals surface area contributed by atoms with Gasteiger partial charge in [0.05, 0.1) is 23.5 Å². The van der Waals surface area contributed by atoms with E-state index in [1.54, 1.807) is 60.7 Å². The third-order valence-electron chi connectivity index (χ3n) is 5.66. The van der Waals surface area contributed by atoms with Gasteiger partial charge in [-0.1, -0.05) is 6.07 Å². The lowest BCUT2D eigenvalue weighted by molar-refractivity contribution is -0.384. The Hall–Kier alpha value is -4.84. The molecular formula is C28H25N3O8S. The molecule has 1 saturated heterocycles. The number of carbonyl (C=O) groups excluding carboxylic acids is 3. The number of thioether (sulfide) groups is 1. The van der Waals surface area contributed by atoms with Crippen LogP contribution in [0.1, 0.15) is 18.1 Å². The summed E-state index contributed by atoms with van der Waals surface area (Å²) < 4.78 is 16.6. The fourth-order valence-electron chi connectivity index (χ4n) is 3.68. The Morgan fingerprint density at radius 1 is 1.02 bits per heavy atom. The predicted octanol–water partition coefficient (Wildman–Crippen LogP) is 5.26. The molecule has 11 nitrogen and oxygen atoms in total. The Bertz CT molecular complexity index is 1460. The van der Waals surface area contributed by atoms with Crippen LogP contribution in [-0.2, 0) is 16.2 Å². The van der Waals surface area contributed by atoms with Gasteiger partial charge in [-0.3, -0.25) is 29.4 Å². The van der Waals surface area contributed by atoms with E-state index in [9.17, 15) is 24.5 Å². The van der Waals surface area contributed by atoms with Crippen molar-refractivity contribution in [2.45, 2.75) is 13.5 Å². The number of nitrogens with zero attached hydrogens (tertiary/aromatic N) is 2. The van der Waals surface area contributed by atoms with Crippen molar-refractivity contribution in [3.05, 3.63) is 92.9 Å².